The first-order valence-electron chi connectivity index (χ1n) is 5.69. The lowest BCUT2D eigenvalue weighted by molar-refractivity contribution is 0.574. The predicted molar refractivity (Wildman–Crippen MR) is 90.6 cm³/mol. The zero-order valence-corrected chi connectivity index (χ0v) is 14.3. The van der Waals surface area contributed by atoms with Crippen molar-refractivity contribution in [3.63, 3.8) is 0 Å². The van der Waals surface area contributed by atoms with E-state index in [0.29, 0.717) is 6.54 Å². The van der Waals surface area contributed by atoms with E-state index in [1.54, 1.807) is 10.9 Å². The number of nitrogens with zero attached hydrogens (tertiary/aromatic N) is 2. The second kappa shape index (κ2) is 6.49. The standard InChI is InChI=1S/C11H16N2OP4/c1-2-6-13-11(14)10-8(7-12-13)4-3-5-9(10)18(16)17-15/h3-5,7,17H,2,6,15-16H2,1H3. The molecule has 0 fully saturated rings. The Labute approximate surface area is 114 Å². The molecule has 0 saturated heterocycles. The lowest BCUT2D eigenvalue weighted by atomic mass is 10.2. The zero-order chi connectivity index (χ0) is 13.1. The number of hydrogen-bond acceptors (Lipinski definition) is 2. The Balaban J connectivity index is 2.73. The summed E-state index contributed by atoms with van der Waals surface area (Å²) in [7, 11) is 6.05. The number of aryl methyl sites for hydroxylation is 1. The number of aromatic nitrogens is 2. The molecular weight excluding hydrogens is 300 g/mol. The third-order valence-electron chi connectivity index (χ3n) is 2.69. The molecule has 1 aromatic carbocycles. The van der Waals surface area contributed by atoms with Gasteiger partial charge in [-0.3, -0.25) is 4.79 Å². The summed E-state index contributed by atoms with van der Waals surface area (Å²) in [5, 5.41) is 7.18. The summed E-state index contributed by atoms with van der Waals surface area (Å²) >= 11 is 0. The quantitative estimate of drug-likeness (QED) is 0.813. The van der Waals surface area contributed by atoms with E-state index in [2.05, 4.69) is 35.9 Å². The van der Waals surface area contributed by atoms with Gasteiger partial charge in [0, 0.05) is 11.9 Å². The van der Waals surface area contributed by atoms with E-state index in [-0.39, 0.29) is 12.9 Å². The van der Waals surface area contributed by atoms with E-state index in [1.807, 2.05) is 12.1 Å². The molecule has 4 unspecified atom stereocenters. The molecule has 1 heterocycles. The molecule has 0 aliphatic heterocycles. The van der Waals surface area contributed by atoms with Crippen LogP contribution in [0.4, 0.5) is 0 Å². The predicted octanol–water partition coefficient (Wildman–Crippen LogP) is 3.09. The van der Waals surface area contributed by atoms with Crippen molar-refractivity contribution in [3.05, 3.63) is 34.7 Å². The van der Waals surface area contributed by atoms with Gasteiger partial charge in [0.2, 0.25) is 0 Å². The van der Waals surface area contributed by atoms with E-state index >= 15 is 0 Å². The molecule has 1 aromatic heterocycles. The van der Waals surface area contributed by atoms with Crippen LogP contribution in [0.3, 0.4) is 0 Å². The fourth-order valence-corrected chi connectivity index (χ4v) is 5.58. The normalized spacial score (nSPS) is 13.5. The van der Waals surface area contributed by atoms with Crippen molar-refractivity contribution in [1.82, 2.24) is 9.78 Å². The number of rotatable bonds is 4. The molecule has 18 heavy (non-hydrogen) atoms. The summed E-state index contributed by atoms with van der Waals surface area (Å²) in [5.41, 5.74) is 0.0446. The molecule has 0 N–H and O–H groups in total. The van der Waals surface area contributed by atoms with Gasteiger partial charge in [0.15, 0.2) is 0 Å². The lowest BCUT2D eigenvalue weighted by Gasteiger charge is -2.13. The number of fused-ring (bicyclic) bond motifs is 1. The highest BCUT2D eigenvalue weighted by Crippen LogP contribution is 2.65. The summed E-state index contributed by atoms with van der Waals surface area (Å²) in [4.78, 5) is 12.5. The van der Waals surface area contributed by atoms with Crippen LogP contribution < -0.4 is 10.9 Å². The van der Waals surface area contributed by atoms with E-state index in [9.17, 15) is 4.79 Å². The van der Waals surface area contributed by atoms with Crippen LogP contribution in [0, 0.1) is 0 Å². The summed E-state index contributed by atoms with van der Waals surface area (Å²) < 4.78 is 1.57. The molecule has 0 spiro atoms. The molecule has 4 atom stereocenters. The maximum atomic E-state index is 12.5. The van der Waals surface area contributed by atoms with Crippen LogP contribution in [-0.2, 0) is 6.54 Å². The van der Waals surface area contributed by atoms with Gasteiger partial charge in [-0.15, -0.1) is 17.9 Å². The Kier molecular flexibility index (Phi) is 5.23. The van der Waals surface area contributed by atoms with E-state index < -0.39 is 0 Å². The van der Waals surface area contributed by atoms with Crippen molar-refractivity contribution in [1.29, 1.82) is 0 Å². The Morgan fingerprint density at radius 3 is 2.94 bits per heavy atom. The minimum atomic E-state index is -0.345. The van der Waals surface area contributed by atoms with Gasteiger partial charge in [0.25, 0.3) is 5.56 Å². The second-order valence-electron chi connectivity index (χ2n) is 3.91. The molecule has 96 valence electrons. The Morgan fingerprint density at radius 1 is 1.50 bits per heavy atom. The highest BCUT2D eigenvalue weighted by atomic mass is 32.6. The SMILES string of the molecule is CCCn1ncc2cccc(P(P)PP)c2c1=O. The first-order valence-corrected chi connectivity index (χ1v) is 12.3. The third kappa shape index (κ3) is 2.81. The largest absolute Gasteiger partial charge is 0.275 e. The average molecular weight is 316 g/mol. The Hall–Kier alpha value is 0.0800. The molecule has 0 bridgehead atoms. The van der Waals surface area contributed by atoms with Crippen LogP contribution in [-0.4, -0.2) is 9.78 Å². The summed E-state index contributed by atoms with van der Waals surface area (Å²) in [6.07, 6.45) is 2.72. The molecule has 0 saturated carbocycles. The van der Waals surface area contributed by atoms with Gasteiger partial charge < -0.3 is 0 Å². The molecule has 0 amide bonds. The summed E-state index contributed by atoms with van der Waals surface area (Å²) in [5.74, 6) is 0. The molecule has 2 rings (SSSR count). The van der Waals surface area contributed by atoms with Crippen molar-refractivity contribution < 1.29 is 0 Å². The van der Waals surface area contributed by atoms with Crippen molar-refractivity contribution in [2.24, 2.45) is 0 Å². The van der Waals surface area contributed by atoms with Crippen LogP contribution in [0.5, 0.6) is 0 Å². The Morgan fingerprint density at radius 2 is 2.28 bits per heavy atom. The van der Waals surface area contributed by atoms with Gasteiger partial charge in [-0.05, 0) is 19.0 Å². The Bertz CT molecular complexity index is 614. The highest BCUT2D eigenvalue weighted by Gasteiger charge is 2.12. The molecule has 0 aliphatic rings. The van der Waals surface area contributed by atoms with Gasteiger partial charge >= 0.3 is 0 Å². The van der Waals surface area contributed by atoms with E-state index in [1.165, 1.54) is 0 Å². The van der Waals surface area contributed by atoms with E-state index in [0.717, 1.165) is 30.5 Å². The lowest BCUT2D eigenvalue weighted by Crippen LogP contribution is -2.25. The third-order valence-corrected chi connectivity index (χ3v) is 12.8. The fourth-order valence-electron chi connectivity index (χ4n) is 1.85. The van der Waals surface area contributed by atoms with Gasteiger partial charge in [-0.2, -0.15) is 5.10 Å². The van der Waals surface area contributed by atoms with Crippen molar-refractivity contribution >= 4 is 49.2 Å². The maximum Gasteiger partial charge on any atom is 0.275 e. The highest BCUT2D eigenvalue weighted by molar-refractivity contribution is 8.63. The van der Waals surface area contributed by atoms with Crippen molar-refractivity contribution in [3.8, 4) is 0 Å². The molecule has 0 radical (unpaired) electrons. The second-order valence-corrected chi connectivity index (χ2v) is 13.0. The molecule has 2 aromatic rings. The summed E-state index contributed by atoms with van der Waals surface area (Å²) in [6, 6.07) is 6.03. The minimum absolute atomic E-state index is 0.0446. The van der Waals surface area contributed by atoms with E-state index in [4.69, 9.17) is 0 Å². The number of hydrogen-bond donors (Lipinski definition) is 0. The molecule has 3 nitrogen and oxygen atoms in total. The zero-order valence-electron chi connectivity index (χ0n) is 10.1. The topological polar surface area (TPSA) is 34.9 Å². The van der Waals surface area contributed by atoms with Crippen LogP contribution in [0.2, 0.25) is 0 Å². The maximum absolute atomic E-state index is 12.5. The summed E-state index contributed by atoms with van der Waals surface area (Å²) in [6.45, 7) is 2.73. The minimum Gasteiger partial charge on any atom is -0.267 e. The molecular formula is C11H16N2OP4. The molecule has 0 aliphatic carbocycles. The van der Waals surface area contributed by atoms with Crippen LogP contribution in [0.25, 0.3) is 10.8 Å². The van der Waals surface area contributed by atoms with Crippen LogP contribution in [0.15, 0.2) is 29.2 Å². The van der Waals surface area contributed by atoms with Crippen LogP contribution in [0.1, 0.15) is 13.3 Å². The van der Waals surface area contributed by atoms with Gasteiger partial charge in [0.05, 0.1) is 11.6 Å². The molecule has 7 heteroatoms. The van der Waals surface area contributed by atoms with Gasteiger partial charge in [0.1, 0.15) is 0 Å². The van der Waals surface area contributed by atoms with Crippen LogP contribution >= 0.6 is 33.1 Å². The average Bonchev–Trinajstić information content (AvgIpc) is 2.40. The van der Waals surface area contributed by atoms with Gasteiger partial charge in [-0.25, -0.2) is 4.68 Å². The fraction of sp³-hybridized carbons (Fsp3) is 0.273. The smallest absolute Gasteiger partial charge is 0.267 e. The number of benzene rings is 1. The first kappa shape index (κ1) is 14.5. The van der Waals surface area contributed by atoms with Crippen molar-refractivity contribution in [2.75, 3.05) is 0 Å². The van der Waals surface area contributed by atoms with Gasteiger partial charge in [-0.1, -0.05) is 33.1 Å². The van der Waals surface area contributed by atoms with Crippen molar-refractivity contribution in [2.45, 2.75) is 19.9 Å². The monoisotopic (exact) mass is 316 g/mol. The first-order chi connectivity index (χ1) is 8.69.